The highest BCUT2D eigenvalue weighted by Crippen LogP contribution is 2.35. The molecule has 0 aromatic heterocycles. The largest absolute Gasteiger partial charge is 0.352 e. The lowest BCUT2D eigenvalue weighted by Crippen LogP contribution is -2.43. The second-order valence-electron chi connectivity index (χ2n) is 7.39. The summed E-state index contributed by atoms with van der Waals surface area (Å²) >= 11 is 12.4. The van der Waals surface area contributed by atoms with Crippen molar-refractivity contribution in [2.24, 2.45) is 0 Å². The fourth-order valence-electron chi connectivity index (χ4n) is 3.26. The highest BCUT2D eigenvalue weighted by Gasteiger charge is 2.29. The molecule has 1 amide bonds. The first-order valence-electron chi connectivity index (χ1n) is 10.1. The van der Waals surface area contributed by atoms with Gasteiger partial charge in [0.2, 0.25) is 5.91 Å². The number of nitrogens with one attached hydrogen (secondary N) is 1. The van der Waals surface area contributed by atoms with E-state index < -0.39 is 22.5 Å². The zero-order valence-corrected chi connectivity index (χ0v) is 19.9. The Bertz CT molecular complexity index is 1160. The van der Waals surface area contributed by atoms with E-state index in [1.807, 2.05) is 37.3 Å². The predicted octanol–water partition coefficient (Wildman–Crippen LogP) is 5.33. The summed E-state index contributed by atoms with van der Waals surface area (Å²) in [5, 5.41) is 3.16. The van der Waals surface area contributed by atoms with Crippen molar-refractivity contribution in [1.29, 1.82) is 0 Å². The molecule has 3 rings (SSSR count). The summed E-state index contributed by atoms with van der Waals surface area (Å²) in [4.78, 5) is 12.9. The molecule has 0 saturated carbocycles. The van der Waals surface area contributed by atoms with Gasteiger partial charge in [-0.25, -0.2) is 8.42 Å². The monoisotopic (exact) mass is 490 g/mol. The van der Waals surface area contributed by atoms with Gasteiger partial charge in [-0.2, -0.15) is 0 Å². The van der Waals surface area contributed by atoms with E-state index >= 15 is 0 Å². The Kier molecular flexibility index (Phi) is 8.18. The Hall–Kier alpha value is -2.54. The summed E-state index contributed by atoms with van der Waals surface area (Å²) in [6.07, 6.45) is 1.52. The smallest absolute Gasteiger partial charge is 0.264 e. The van der Waals surface area contributed by atoms with Gasteiger partial charge in [0.05, 0.1) is 20.6 Å². The Morgan fingerprint density at radius 1 is 0.938 bits per heavy atom. The molecule has 8 heteroatoms. The van der Waals surface area contributed by atoms with Crippen LogP contribution in [-0.2, 0) is 21.2 Å². The van der Waals surface area contributed by atoms with E-state index in [4.69, 9.17) is 23.2 Å². The quantitative estimate of drug-likeness (QED) is 0.440. The highest BCUT2D eigenvalue weighted by molar-refractivity contribution is 7.92. The van der Waals surface area contributed by atoms with E-state index in [1.54, 1.807) is 30.3 Å². The number of amides is 1. The molecule has 0 unspecified atom stereocenters. The second-order valence-corrected chi connectivity index (χ2v) is 10.0. The first-order chi connectivity index (χ1) is 15.3. The Morgan fingerprint density at radius 3 is 2.22 bits per heavy atom. The average Bonchev–Trinajstić information content (AvgIpc) is 2.79. The minimum atomic E-state index is -4.05. The van der Waals surface area contributed by atoms with Gasteiger partial charge in [0.1, 0.15) is 6.54 Å². The lowest BCUT2D eigenvalue weighted by atomic mass is 10.1. The molecule has 1 atom stereocenters. The SMILES string of the molecule is C[C@H](CCc1ccccc1)NC(=O)CN(c1cccc(Cl)c1Cl)S(=O)(=O)c1ccccc1. The van der Waals surface area contributed by atoms with Gasteiger partial charge < -0.3 is 5.32 Å². The molecule has 1 N–H and O–H groups in total. The van der Waals surface area contributed by atoms with Crippen molar-refractivity contribution in [2.45, 2.75) is 30.7 Å². The van der Waals surface area contributed by atoms with Crippen LogP contribution in [0.3, 0.4) is 0 Å². The predicted molar refractivity (Wildman–Crippen MR) is 130 cm³/mol. The van der Waals surface area contributed by atoms with Gasteiger partial charge in [-0.05, 0) is 49.6 Å². The molecule has 0 saturated heterocycles. The van der Waals surface area contributed by atoms with Gasteiger partial charge in [0.25, 0.3) is 10.0 Å². The molecule has 3 aromatic rings. The Morgan fingerprint density at radius 2 is 1.56 bits per heavy atom. The van der Waals surface area contributed by atoms with E-state index in [-0.39, 0.29) is 26.7 Å². The van der Waals surface area contributed by atoms with Crippen LogP contribution in [0.25, 0.3) is 0 Å². The van der Waals surface area contributed by atoms with Crippen LogP contribution in [0.2, 0.25) is 10.0 Å². The number of hydrogen-bond donors (Lipinski definition) is 1. The molecule has 0 aliphatic rings. The van der Waals surface area contributed by atoms with Crippen molar-refractivity contribution in [2.75, 3.05) is 10.8 Å². The van der Waals surface area contributed by atoms with Crippen molar-refractivity contribution in [3.05, 3.63) is 94.5 Å². The topological polar surface area (TPSA) is 66.5 Å². The van der Waals surface area contributed by atoms with Gasteiger partial charge in [0.15, 0.2) is 0 Å². The van der Waals surface area contributed by atoms with E-state index in [0.29, 0.717) is 0 Å². The number of carbonyl (C=O) groups excluding carboxylic acids is 1. The molecular formula is C24H24Cl2N2O3S. The van der Waals surface area contributed by atoms with Crippen LogP contribution in [0.1, 0.15) is 18.9 Å². The molecule has 0 aliphatic carbocycles. The number of rotatable bonds is 9. The van der Waals surface area contributed by atoms with Crippen molar-refractivity contribution in [3.8, 4) is 0 Å². The molecular weight excluding hydrogens is 467 g/mol. The summed E-state index contributed by atoms with van der Waals surface area (Å²) in [5.74, 6) is -0.430. The number of benzene rings is 3. The van der Waals surface area contributed by atoms with Crippen molar-refractivity contribution in [3.63, 3.8) is 0 Å². The average molecular weight is 491 g/mol. The molecule has 0 fully saturated rings. The van der Waals surface area contributed by atoms with Crippen LogP contribution in [0.4, 0.5) is 5.69 Å². The van der Waals surface area contributed by atoms with Gasteiger partial charge >= 0.3 is 0 Å². The molecule has 0 aliphatic heterocycles. The van der Waals surface area contributed by atoms with Crippen LogP contribution in [0.15, 0.2) is 83.8 Å². The summed E-state index contributed by atoms with van der Waals surface area (Å²) < 4.78 is 27.7. The van der Waals surface area contributed by atoms with Gasteiger partial charge in [-0.3, -0.25) is 9.10 Å². The minimum Gasteiger partial charge on any atom is -0.352 e. The zero-order valence-electron chi connectivity index (χ0n) is 17.5. The number of carbonyl (C=O) groups is 1. The summed E-state index contributed by atoms with van der Waals surface area (Å²) in [6.45, 7) is 1.47. The highest BCUT2D eigenvalue weighted by atomic mass is 35.5. The van der Waals surface area contributed by atoms with E-state index in [9.17, 15) is 13.2 Å². The molecule has 3 aromatic carbocycles. The Balaban J connectivity index is 1.79. The third-order valence-corrected chi connectivity index (χ3v) is 7.52. The van der Waals surface area contributed by atoms with Crippen molar-refractivity contribution < 1.29 is 13.2 Å². The van der Waals surface area contributed by atoms with Gasteiger partial charge in [0, 0.05) is 6.04 Å². The maximum absolute atomic E-state index is 13.4. The Labute approximate surface area is 199 Å². The molecule has 32 heavy (non-hydrogen) atoms. The van der Waals surface area contributed by atoms with E-state index in [2.05, 4.69) is 5.32 Å². The third kappa shape index (κ3) is 6.03. The number of anilines is 1. The molecule has 168 valence electrons. The second kappa shape index (κ2) is 10.9. The molecule has 0 radical (unpaired) electrons. The summed E-state index contributed by atoms with van der Waals surface area (Å²) in [6, 6.07) is 22.4. The van der Waals surface area contributed by atoms with Crippen LogP contribution < -0.4 is 9.62 Å². The normalized spacial score (nSPS) is 12.2. The van der Waals surface area contributed by atoms with Crippen LogP contribution >= 0.6 is 23.2 Å². The fourth-order valence-corrected chi connectivity index (χ4v) is 5.16. The summed E-state index contributed by atoms with van der Waals surface area (Å²) in [7, 11) is -4.05. The first-order valence-corrected chi connectivity index (χ1v) is 12.3. The van der Waals surface area contributed by atoms with Crippen molar-refractivity contribution in [1.82, 2.24) is 5.32 Å². The fraction of sp³-hybridized carbons (Fsp3) is 0.208. The van der Waals surface area contributed by atoms with E-state index in [0.717, 1.165) is 17.1 Å². The summed E-state index contributed by atoms with van der Waals surface area (Å²) in [5.41, 5.74) is 1.32. The lowest BCUT2D eigenvalue weighted by Gasteiger charge is -2.26. The number of hydrogen-bond acceptors (Lipinski definition) is 3. The molecule has 5 nitrogen and oxygen atoms in total. The maximum Gasteiger partial charge on any atom is 0.264 e. The number of nitrogens with zero attached hydrogens (tertiary/aromatic N) is 1. The van der Waals surface area contributed by atoms with Crippen LogP contribution in [-0.4, -0.2) is 26.9 Å². The lowest BCUT2D eigenvalue weighted by molar-refractivity contribution is -0.120. The van der Waals surface area contributed by atoms with Crippen LogP contribution in [0, 0.1) is 0 Å². The van der Waals surface area contributed by atoms with Gasteiger partial charge in [-0.15, -0.1) is 0 Å². The number of aryl methyl sites for hydroxylation is 1. The van der Waals surface area contributed by atoms with Gasteiger partial charge in [-0.1, -0.05) is 77.8 Å². The number of sulfonamides is 1. The molecule has 0 spiro atoms. The van der Waals surface area contributed by atoms with E-state index in [1.165, 1.54) is 23.8 Å². The van der Waals surface area contributed by atoms with Crippen molar-refractivity contribution >= 4 is 44.8 Å². The number of halogens is 2. The molecule has 0 bridgehead atoms. The third-order valence-electron chi connectivity index (χ3n) is 4.93. The first kappa shape index (κ1) is 24.1. The minimum absolute atomic E-state index is 0.0565. The zero-order chi connectivity index (χ0) is 23.1. The molecule has 0 heterocycles. The van der Waals surface area contributed by atoms with Crippen LogP contribution in [0.5, 0.6) is 0 Å². The maximum atomic E-state index is 13.4. The standard InChI is InChI=1S/C24H24Cl2N2O3S/c1-18(15-16-19-9-4-2-5-10-19)27-23(29)17-28(22-14-8-13-21(25)24(22)26)32(30,31)20-11-6-3-7-12-20/h2-14,18H,15-17H2,1H3,(H,27,29)/t18-/m1/s1.